The van der Waals surface area contributed by atoms with Crippen molar-refractivity contribution < 1.29 is 4.92 Å². The maximum Gasteiger partial charge on any atom is 0.283 e. The molecule has 0 aliphatic heterocycles. The largest absolute Gasteiger partial charge is 0.355 e. The molecule has 0 amide bonds. The Balaban J connectivity index is 2.29. The summed E-state index contributed by atoms with van der Waals surface area (Å²) in [5, 5.41) is 16.0. The summed E-state index contributed by atoms with van der Waals surface area (Å²) in [6.07, 6.45) is 0. The SMILES string of the molecule is Cc1cc(Nc2ccc(Cl)cc2)c2c([N+](=O)[O-])c(C)cc(C)c2n1. The lowest BCUT2D eigenvalue weighted by molar-refractivity contribution is -0.383. The lowest BCUT2D eigenvalue weighted by atomic mass is 10.0. The highest BCUT2D eigenvalue weighted by Crippen LogP contribution is 2.37. The van der Waals surface area contributed by atoms with Crippen LogP contribution in [0.5, 0.6) is 0 Å². The highest BCUT2D eigenvalue weighted by atomic mass is 35.5. The summed E-state index contributed by atoms with van der Waals surface area (Å²) in [5.74, 6) is 0. The third kappa shape index (κ3) is 2.90. The molecule has 0 aliphatic carbocycles. The van der Waals surface area contributed by atoms with E-state index in [0.29, 0.717) is 27.2 Å². The fraction of sp³-hybridized carbons (Fsp3) is 0.167. The first-order chi connectivity index (χ1) is 11.4. The molecule has 24 heavy (non-hydrogen) atoms. The number of nitrogens with one attached hydrogen (secondary N) is 1. The van der Waals surface area contributed by atoms with E-state index < -0.39 is 0 Å². The second-order valence-corrected chi connectivity index (χ2v) is 6.22. The zero-order valence-corrected chi connectivity index (χ0v) is 14.3. The molecule has 0 unspecified atom stereocenters. The van der Waals surface area contributed by atoms with Crippen molar-refractivity contribution in [3.63, 3.8) is 0 Å². The first-order valence-electron chi connectivity index (χ1n) is 7.45. The van der Waals surface area contributed by atoms with Gasteiger partial charge >= 0.3 is 0 Å². The van der Waals surface area contributed by atoms with E-state index in [9.17, 15) is 10.1 Å². The molecular weight excluding hydrogens is 326 g/mol. The van der Waals surface area contributed by atoms with Gasteiger partial charge in [0.25, 0.3) is 5.69 Å². The van der Waals surface area contributed by atoms with E-state index in [1.54, 1.807) is 25.1 Å². The molecule has 0 radical (unpaired) electrons. The number of pyridine rings is 1. The number of nitro benzene ring substituents is 1. The van der Waals surface area contributed by atoms with E-state index in [0.717, 1.165) is 16.9 Å². The van der Waals surface area contributed by atoms with Crippen LogP contribution < -0.4 is 5.32 Å². The standard InChI is InChI=1S/C18H16ClN3O2/c1-10-8-11(2)18(22(23)24)16-15(9-12(3)20-17(10)16)21-14-6-4-13(19)5-7-14/h4-9H,1-3H3,(H,20,21). The Morgan fingerprint density at radius 1 is 1.08 bits per heavy atom. The van der Waals surface area contributed by atoms with Gasteiger partial charge in [0.1, 0.15) is 5.39 Å². The molecule has 5 nitrogen and oxygen atoms in total. The zero-order chi connectivity index (χ0) is 17.4. The summed E-state index contributed by atoms with van der Waals surface area (Å²) in [4.78, 5) is 15.8. The maximum atomic E-state index is 11.6. The molecule has 2 aromatic carbocycles. The molecule has 3 rings (SSSR count). The van der Waals surface area contributed by atoms with Gasteiger partial charge in [0.15, 0.2) is 0 Å². The number of nitrogens with zero attached hydrogens (tertiary/aromatic N) is 2. The fourth-order valence-electron chi connectivity index (χ4n) is 2.88. The van der Waals surface area contributed by atoms with Crippen molar-refractivity contribution in [2.24, 2.45) is 0 Å². The van der Waals surface area contributed by atoms with E-state index in [2.05, 4.69) is 10.3 Å². The van der Waals surface area contributed by atoms with E-state index in [1.807, 2.05) is 32.0 Å². The topological polar surface area (TPSA) is 68.1 Å². The highest BCUT2D eigenvalue weighted by Gasteiger charge is 2.22. The fourth-order valence-corrected chi connectivity index (χ4v) is 3.01. The van der Waals surface area contributed by atoms with Crippen molar-refractivity contribution in [3.8, 4) is 0 Å². The van der Waals surface area contributed by atoms with Gasteiger partial charge in [0.2, 0.25) is 0 Å². The number of anilines is 2. The van der Waals surface area contributed by atoms with Gasteiger partial charge in [-0.25, -0.2) is 0 Å². The first kappa shape index (κ1) is 16.2. The Kier molecular flexibility index (Phi) is 4.11. The number of hydrogen-bond donors (Lipinski definition) is 1. The smallest absolute Gasteiger partial charge is 0.283 e. The predicted molar refractivity (Wildman–Crippen MR) is 97.3 cm³/mol. The van der Waals surface area contributed by atoms with Crippen LogP contribution in [-0.2, 0) is 0 Å². The summed E-state index contributed by atoms with van der Waals surface area (Å²) in [5.41, 5.74) is 4.52. The molecule has 0 saturated heterocycles. The van der Waals surface area contributed by atoms with Gasteiger partial charge in [-0.3, -0.25) is 15.1 Å². The Morgan fingerprint density at radius 3 is 2.38 bits per heavy atom. The van der Waals surface area contributed by atoms with Crippen molar-refractivity contribution in [2.45, 2.75) is 20.8 Å². The molecule has 0 atom stereocenters. The average Bonchev–Trinajstić information content (AvgIpc) is 2.50. The van der Waals surface area contributed by atoms with Crippen molar-refractivity contribution in [2.75, 3.05) is 5.32 Å². The quantitative estimate of drug-likeness (QED) is 0.507. The van der Waals surface area contributed by atoms with Gasteiger partial charge in [-0.2, -0.15) is 0 Å². The molecule has 0 bridgehead atoms. The molecule has 0 aliphatic rings. The minimum absolute atomic E-state index is 0.0829. The maximum absolute atomic E-state index is 11.6. The number of nitro groups is 1. The Hall–Kier alpha value is -2.66. The van der Waals surface area contributed by atoms with Crippen LogP contribution in [0.15, 0.2) is 36.4 Å². The Labute approximate surface area is 144 Å². The van der Waals surface area contributed by atoms with Gasteiger partial charge in [-0.1, -0.05) is 11.6 Å². The van der Waals surface area contributed by atoms with E-state index in [4.69, 9.17) is 11.6 Å². The number of rotatable bonds is 3. The van der Waals surface area contributed by atoms with Crippen LogP contribution in [0.1, 0.15) is 16.8 Å². The second kappa shape index (κ2) is 6.09. The Bertz CT molecular complexity index is 953. The summed E-state index contributed by atoms with van der Waals surface area (Å²) in [6, 6.07) is 10.8. The summed E-state index contributed by atoms with van der Waals surface area (Å²) >= 11 is 5.92. The monoisotopic (exact) mass is 341 g/mol. The number of fused-ring (bicyclic) bond motifs is 1. The molecule has 0 saturated carbocycles. The van der Waals surface area contributed by atoms with Gasteiger partial charge in [0.05, 0.1) is 16.1 Å². The molecule has 0 fully saturated rings. The van der Waals surface area contributed by atoms with Crippen molar-refractivity contribution in [1.82, 2.24) is 4.98 Å². The van der Waals surface area contributed by atoms with Crippen LogP contribution in [0, 0.1) is 30.9 Å². The summed E-state index contributed by atoms with van der Waals surface area (Å²) < 4.78 is 0. The van der Waals surface area contributed by atoms with Gasteiger partial charge in [0, 0.05) is 22.0 Å². The number of halogens is 1. The number of hydrogen-bond acceptors (Lipinski definition) is 4. The van der Waals surface area contributed by atoms with Crippen LogP contribution in [0.4, 0.5) is 17.1 Å². The third-order valence-electron chi connectivity index (χ3n) is 3.87. The van der Waals surface area contributed by atoms with Crippen LogP contribution in [0.3, 0.4) is 0 Å². The van der Waals surface area contributed by atoms with E-state index >= 15 is 0 Å². The molecule has 1 N–H and O–H groups in total. The second-order valence-electron chi connectivity index (χ2n) is 5.78. The molecule has 1 heterocycles. The normalized spacial score (nSPS) is 10.8. The zero-order valence-electron chi connectivity index (χ0n) is 13.6. The molecule has 0 spiro atoms. The number of aryl methyl sites for hydroxylation is 3. The highest BCUT2D eigenvalue weighted by molar-refractivity contribution is 6.30. The first-order valence-corrected chi connectivity index (χ1v) is 7.83. The van der Waals surface area contributed by atoms with E-state index in [-0.39, 0.29) is 10.6 Å². The van der Waals surface area contributed by atoms with Crippen LogP contribution in [0.25, 0.3) is 10.9 Å². The predicted octanol–water partition coefficient (Wildman–Crippen LogP) is 5.47. The number of aromatic nitrogens is 1. The van der Waals surface area contributed by atoms with Crippen molar-refractivity contribution in [1.29, 1.82) is 0 Å². The molecule has 122 valence electrons. The minimum Gasteiger partial charge on any atom is -0.355 e. The molecular formula is C18H16ClN3O2. The van der Waals surface area contributed by atoms with Crippen molar-refractivity contribution in [3.05, 3.63) is 68.4 Å². The van der Waals surface area contributed by atoms with Gasteiger partial charge in [-0.05, 0) is 62.7 Å². The number of benzene rings is 2. The Morgan fingerprint density at radius 2 is 1.75 bits per heavy atom. The van der Waals surface area contributed by atoms with Gasteiger partial charge < -0.3 is 5.32 Å². The minimum atomic E-state index is -0.346. The van der Waals surface area contributed by atoms with E-state index in [1.165, 1.54) is 0 Å². The molecule has 6 heteroatoms. The average molecular weight is 342 g/mol. The van der Waals surface area contributed by atoms with Crippen LogP contribution in [-0.4, -0.2) is 9.91 Å². The van der Waals surface area contributed by atoms with Crippen LogP contribution in [0.2, 0.25) is 5.02 Å². The lowest BCUT2D eigenvalue weighted by Gasteiger charge is -2.14. The molecule has 1 aromatic heterocycles. The lowest BCUT2D eigenvalue weighted by Crippen LogP contribution is -2.01. The van der Waals surface area contributed by atoms with Crippen molar-refractivity contribution >= 4 is 39.6 Å². The molecule has 3 aromatic rings. The summed E-state index contributed by atoms with van der Waals surface area (Å²) in [7, 11) is 0. The summed E-state index contributed by atoms with van der Waals surface area (Å²) in [6.45, 7) is 5.53. The third-order valence-corrected chi connectivity index (χ3v) is 4.12. The van der Waals surface area contributed by atoms with Gasteiger partial charge in [-0.15, -0.1) is 0 Å². The van der Waals surface area contributed by atoms with Crippen LogP contribution >= 0.6 is 11.6 Å².